The number of benzene rings is 1. The smallest absolute Gasteiger partial charge is 0.337 e. The van der Waals surface area contributed by atoms with E-state index < -0.39 is 0 Å². The van der Waals surface area contributed by atoms with Gasteiger partial charge < -0.3 is 10.1 Å². The van der Waals surface area contributed by atoms with E-state index in [-0.39, 0.29) is 5.97 Å². The highest BCUT2D eigenvalue weighted by atomic mass is 16.5. The number of nitrogens with one attached hydrogen (secondary N) is 1. The van der Waals surface area contributed by atoms with Gasteiger partial charge >= 0.3 is 5.97 Å². The molecule has 0 heterocycles. The van der Waals surface area contributed by atoms with Gasteiger partial charge in [0.05, 0.1) is 12.7 Å². The minimum atomic E-state index is -0.275. The largest absolute Gasteiger partial charge is 0.465 e. The number of hydrogen-bond donors (Lipinski definition) is 1. The number of methoxy groups -OCH3 is 1. The molecule has 0 radical (unpaired) electrons. The molecule has 1 aliphatic carbocycles. The molecule has 0 amide bonds. The van der Waals surface area contributed by atoms with Gasteiger partial charge in [-0.25, -0.2) is 4.79 Å². The van der Waals surface area contributed by atoms with Gasteiger partial charge in [0.2, 0.25) is 0 Å². The number of hydrogen-bond acceptors (Lipinski definition) is 3. The van der Waals surface area contributed by atoms with E-state index in [1.54, 1.807) is 0 Å². The minimum Gasteiger partial charge on any atom is -0.465 e. The SMILES string of the molecule is COC(=O)c1ccc(NC2CCCC(C)CC2)c(C)c1. The summed E-state index contributed by atoms with van der Waals surface area (Å²) in [4.78, 5) is 11.5. The first-order valence-corrected chi connectivity index (χ1v) is 7.55. The molecule has 0 spiro atoms. The normalized spacial score (nSPS) is 22.9. The Kier molecular flexibility index (Phi) is 5.05. The predicted molar refractivity (Wildman–Crippen MR) is 82.2 cm³/mol. The van der Waals surface area contributed by atoms with Crippen LogP contribution in [0.5, 0.6) is 0 Å². The second-order valence-corrected chi connectivity index (χ2v) is 5.98. The lowest BCUT2D eigenvalue weighted by Gasteiger charge is -2.19. The molecule has 20 heavy (non-hydrogen) atoms. The van der Waals surface area contributed by atoms with Crippen molar-refractivity contribution in [3.05, 3.63) is 29.3 Å². The van der Waals surface area contributed by atoms with E-state index in [9.17, 15) is 4.79 Å². The van der Waals surface area contributed by atoms with Crippen LogP contribution in [0, 0.1) is 12.8 Å². The summed E-state index contributed by atoms with van der Waals surface area (Å²) in [5.41, 5.74) is 2.85. The maximum absolute atomic E-state index is 11.5. The molecule has 0 saturated heterocycles. The van der Waals surface area contributed by atoms with Crippen molar-refractivity contribution in [1.29, 1.82) is 0 Å². The number of carbonyl (C=O) groups excluding carboxylic acids is 1. The lowest BCUT2D eigenvalue weighted by atomic mass is 10.0. The van der Waals surface area contributed by atoms with Crippen LogP contribution in [0.25, 0.3) is 0 Å². The Morgan fingerprint density at radius 2 is 2.05 bits per heavy atom. The van der Waals surface area contributed by atoms with Gasteiger partial charge in [0.15, 0.2) is 0 Å². The van der Waals surface area contributed by atoms with Crippen molar-refractivity contribution in [2.75, 3.05) is 12.4 Å². The molecule has 1 saturated carbocycles. The van der Waals surface area contributed by atoms with E-state index in [4.69, 9.17) is 4.74 Å². The van der Waals surface area contributed by atoms with Gasteiger partial charge in [0, 0.05) is 11.7 Å². The Balaban J connectivity index is 2.04. The molecule has 1 N–H and O–H groups in total. The molecule has 2 unspecified atom stereocenters. The molecule has 1 aliphatic rings. The number of esters is 1. The van der Waals surface area contributed by atoms with Crippen molar-refractivity contribution < 1.29 is 9.53 Å². The first-order chi connectivity index (χ1) is 9.60. The van der Waals surface area contributed by atoms with Gasteiger partial charge in [-0.1, -0.05) is 19.8 Å². The highest BCUT2D eigenvalue weighted by molar-refractivity contribution is 5.90. The first kappa shape index (κ1) is 14.9. The van der Waals surface area contributed by atoms with Gasteiger partial charge in [-0.05, 0) is 55.9 Å². The van der Waals surface area contributed by atoms with E-state index in [1.807, 2.05) is 25.1 Å². The zero-order valence-corrected chi connectivity index (χ0v) is 12.7. The monoisotopic (exact) mass is 275 g/mol. The Morgan fingerprint density at radius 3 is 2.75 bits per heavy atom. The van der Waals surface area contributed by atoms with Crippen molar-refractivity contribution in [3.63, 3.8) is 0 Å². The maximum atomic E-state index is 11.5. The number of anilines is 1. The van der Waals surface area contributed by atoms with E-state index in [0.29, 0.717) is 11.6 Å². The Bertz CT molecular complexity index is 470. The van der Waals surface area contributed by atoms with Crippen LogP contribution in [0.3, 0.4) is 0 Å². The fraction of sp³-hybridized carbons (Fsp3) is 0.588. The summed E-state index contributed by atoms with van der Waals surface area (Å²) >= 11 is 0. The zero-order chi connectivity index (χ0) is 14.5. The maximum Gasteiger partial charge on any atom is 0.337 e. The number of ether oxygens (including phenoxy) is 1. The molecule has 1 aromatic rings. The van der Waals surface area contributed by atoms with E-state index in [1.165, 1.54) is 39.2 Å². The van der Waals surface area contributed by atoms with Gasteiger partial charge in [-0.15, -0.1) is 0 Å². The van der Waals surface area contributed by atoms with Crippen LogP contribution in [-0.2, 0) is 4.74 Å². The Hall–Kier alpha value is -1.51. The summed E-state index contributed by atoms with van der Waals surface area (Å²) in [5.74, 6) is 0.576. The van der Waals surface area contributed by atoms with Crippen LogP contribution in [-0.4, -0.2) is 19.1 Å². The Labute approximate surface area is 121 Å². The average molecular weight is 275 g/mol. The van der Waals surface area contributed by atoms with Crippen molar-refractivity contribution in [2.24, 2.45) is 5.92 Å². The van der Waals surface area contributed by atoms with Crippen LogP contribution in [0.2, 0.25) is 0 Å². The number of carbonyl (C=O) groups is 1. The molecule has 110 valence electrons. The summed E-state index contributed by atoms with van der Waals surface area (Å²) in [6.45, 7) is 4.38. The van der Waals surface area contributed by atoms with Gasteiger partial charge in [0.1, 0.15) is 0 Å². The molecular weight excluding hydrogens is 250 g/mol. The number of aryl methyl sites for hydroxylation is 1. The van der Waals surface area contributed by atoms with Gasteiger partial charge in [-0.2, -0.15) is 0 Å². The van der Waals surface area contributed by atoms with E-state index >= 15 is 0 Å². The molecule has 2 rings (SSSR count). The quantitative estimate of drug-likeness (QED) is 0.665. The third-order valence-electron chi connectivity index (χ3n) is 4.26. The zero-order valence-electron chi connectivity index (χ0n) is 12.7. The van der Waals surface area contributed by atoms with Crippen LogP contribution in [0.1, 0.15) is 54.9 Å². The van der Waals surface area contributed by atoms with Crippen LogP contribution < -0.4 is 5.32 Å². The van der Waals surface area contributed by atoms with Crippen molar-refractivity contribution >= 4 is 11.7 Å². The van der Waals surface area contributed by atoms with Crippen LogP contribution in [0.15, 0.2) is 18.2 Å². The lowest BCUT2D eigenvalue weighted by molar-refractivity contribution is 0.0600. The lowest BCUT2D eigenvalue weighted by Crippen LogP contribution is -2.19. The summed E-state index contributed by atoms with van der Waals surface area (Å²) in [6.07, 6.45) is 6.43. The fourth-order valence-electron chi connectivity index (χ4n) is 2.92. The van der Waals surface area contributed by atoms with Crippen LogP contribution in [0.4, 0.5) is 5.69 Å². The first-order valence-electron chi connectivity index (χ1n) is 7.55. The molecule has 0 bridgehead atoms. The molecule has 0 aliphatic heterocycles. The fourth-order valence-corrected chi connectivity index (χ4v) is 2.92. The summed E-state index contributed by atoms with van der Waals surface area (Å²) < 4.78 is 4.75. The highest BCUT2D eigenvalue weighted by Gasteiger charge is 2.17. The second-order valence-electron chi connectivity index (χ2n) is 5.98. The predicted octanol–water partition coefficient (Wildman–Crippen LogP) is 4.16. The summed E-state index contributed by atoms with van der Waals surface area (Å²) in [5, 5.41) is 3.64. The third-order valence-corrected chi connectivity index (χ3v) is 4.26. The Morgan fingerprint density at radius 1 is 1.25 bits per heavy atom. The van der Waals surface area contributed by atoms with Gasteiger partial charge in [-0.3, -0.25) is 0 Å². The van der Waals surface area contributed by atoms with E-state index in [0.717, 1.165) is 17.2 Å². The number of rotatable bonds is 3. The molecule has 3 nitrogen and oxygen atoms in total. The molecule has 3 heteroatoms. The van der Waals surface area contributed by atoms with Crippen LogP contribution >= 0.6 is 0 Å². The third kappa shape index (κ3) is 3.75. The molecule has 1 fully saturated rings. The highest BCUT2D eigenvalue weighted by Crippen LogP contribution is 2.26. The summed E-state index contributed by atoms with van der Waals surface area (Å²) in [6, 6.07) is 6.28. The van der Waals surface area contributed by atoms with Gasteiger partial charge in [0.25, 0.3) is 0 Å². The molecule has 0 aromatic heterocycles. The van der Waals surface area contributed by atoms with Crippen molar-refractivity contribution in [2.45, 2.75) is 52.0 Å². The minimum absolute atomic E-state index is 0.275. The second kappa shape index (κ2) is 6.78. The topological polar surface area (TPSA) is 38.3 Å². The van der Waals surface area contributed by atoms with Crippen molar-refractivity contribution in [1.82, 2.24) is 0 Å². The standard InChI is InChI=1S/C17H25NO2/c1-12-5-4-6-15(9-7-12)18-16-10-8-14(11-13(16)2)17(19)20-3/h8,10-12,15,18H,4-7,9H2,1-3H3. The average Bonchev–Trinajstić information content (AvgIpc) is 2.65. The van der Waals surface area contributed by atoms with Crippen molar-refractivity contribution in [3.8, 4) is 0 Å². The van der Waals surface area contributed by atoms with E-state index in [2.05, 4.69) is 12.2 Å². The molecule has 2 atom stereocenters. The molecular formula is C17H25NO2. The summed E-state index contributed by atoms with van der Waals surface area (Å²) in [7, 11) is 1.41. The molecule has 1 aromatic carbocycles.